The molecule has 0 bridgehead atoms. The summed E-state index contributed by atoms with van der Waals surface area (Å²) in [4.78, 5) is 4.56. The van der Waals surface area contributed by atoms with Crippen molar-refractivity contribution in [1.82, 2.24) is 10.3 Å². The van der Waals surface area contributed by atoms with Gasteiger partial charge in [0.2, 0.25) is 0 Å². The molecule has 0 radical (unpaired) electrons. The van der Waals surface area contributed by atoms with Crippen LogP contribution in [0.25, 0.3) is 11.3 Å². The number of sulfone groups is 1. The van der Waals surface area contributed by atoms with E-state index in [0.717, 1.165) is 16.3 Å². The highest BCUT2D eigenvalue weighted by atomic mass is 32.2. The number of nitrogens with one attached hydrogen (secondary N) is 1. The lowest BCUT2D eigenvalue weighted by Gasteiger charge is -2.01. The highest BCUT2D eigenvalue weighted by Crippen LogP contribution is 2.21. The summed E-state index contributed by atoms with van der Waals surface area (Å²) in [5, 5.41) is 6.28. The molecule has 0 spiro atoms. The Labute approximate surface area is 123 Å². The first-order valence-electron chi connectivity index (χ1n) is 6.43. The van der Waals surface area contributed by atoms with E-state index in [9.17, 15) is 8.42 Å². The van der Waals surface area contributed by atoms with Gasteiger partial charge in [-0.05, 0) is 13.0 Å². The van der Waals surface area contributed by atoms with Crippen molar-refractivity contribution in [2.75, 3.05) is 18.6 Å². The fourth-order valence-electron chi connectivity index (χ4n) is 1.79. The van der Waals surface area contributed by atoms with Gasteiger partial charge in [0.05, 0.1) is 11.4 Å². The van der Waals surface area contributed by atoms with Gasteiger partial charge in [0, 0.05) is 23.7 Å². The smallest absolute Gasteiger partial charge is 0.147 e. The van der Waals surface area contributed by atoms with E-state index in [0.29, 0.717) is 19.5 Å². The third kappa shape index (κ3) is 5.03. The standard InChI is InChI=1S/C14H18N2O2S2/c1-20(17,18)9-5-8-15-10-14-16-13(11-19-14)12-6-3-2-4-7-12/h2-4,6-7,11,15H,5,8-10H2,1H3. The molecule has 0 amide bonds. The number of nitrogens with zero attached hydrogens (tertiary/aromatic N) is 1. The third-order valence-corrected chi connectivity index (χ3v) is 4.65. The largest absolute Gasteiger partial charge is 0.310 e. The molecule has 0 saturated carbocycles. The Hall–Kier alpha value is -1.24. The van der Waals surface area contributed by atoms with Crippen LogP contribution >= 0.6 is 11.3 Å². The Kier molecular flexibility index (Phi) is 5.28. The summed E-state index contributed by atoms with van der Waals surface area (Å²) in [5.74, 6) is 0.229. The van der Waals surface area contributed by atoms with Crippen molar-refractivity contribution in [3.8, 4) is 11.3 Å². The number of hydrogen-bond donors (Lipinski definition) is 1. The van der Waals surface area contributed by atoms with Gasteiger partial charge in [0.15, 0.2) is 0 Å². The Morgan fingerprint density at radius 3 is 2.70 bits per heavy atom. The summed E-state index contributed by atoms with van der Waals surface area (Å²) in [7, 11) is -2.85. The van der Waals surface area contributed by atoms with Gasteiger partial charge in [-0.2, -0.15) is 0 Å². The summed E-state index contributed by atoms with van der Waals surface area (Å²) in [5.41, 5.74) is 2.11. The van der Waals surface area contributed by atoms with Gasteiger partial charge < -0.3 is 5.32 Å². The molecule has 108 valence electrons. The maximum atomic E-state index is 11.0. The lowest BCUT2D eigenvalue weighted by Crippen LogP contribution is -2.17. The highest BCUT2D eigenvalue weighted by Gasteiger charge is 2.04. The van der Waals surface area contributed by atoms with Crippen LogP contribution in [-0.2, 0) is 16.4 Å². The molecule has 0 saturated heterocycles. The summed E-state index contributed by atoms with van der Waals surface area (Å²) in [6, 6.07) is 10.1. The van der Waals surface area contributed by atoms with Crippen LogP contribution in [-0.4, -0.2) is 32.0 Å². The lowest BCUT2D eigenvalue weighted by atomic mass is 10.2. The Morgan fingerprint density at radius 2 is 2.00 bits per heavy atom. The van der Waals surface area contributed by atoms with Crippen LogP contribution in [0.3, 0.4) is 0 Å². The molecule has 2 rings (SSSR count). The molecular weight excluding hydrogens is 292 g/mol. The normalized spacial score (nSPS) is 11.7. The van der Waals surface area contributed by atoms with Crippen molar-refractivity contribution >= 4 is 21.2 Å². The van der Waals surface area contributed by atoms with Gasteiger partial charge in [-0.15, -0.1) is 11.3 Å². The molecule has 1 heterocycles. The zero-order valence-electron chi connectivity index (χ0n) is 11.4. The van der Waals surface area contributed by atoms with Gasteiger partial charge in [-0.3, -0.25) is 0 Å². The average molecular weight is 310 g/mol. The second-order valence-electron chi connectivity index (χ2n) is 4.65. The molecule has 20 heavy (non-hydrogen) atoms. The molecule has 6 heteroatoms. The second kappa shape index (κ2) is 6.97. The molecule has 2 aromatic rings. The fraction of sp³-hybridized carbons (Fsp3) is 0.357. The number of thiazole rings is 1. The minimum absolute atomic E-state index is 0.229. The van der Waals surface area contributed by atoms with Gasteiger partial charge in [-0.25, -0.2) is 13.4 Å². The van der Waals surface area contributed by atoms with E-state index < -0.39 is 9.84 Å². The Bertz CT molecular complexity index is 636. The van der Waals surface area contributed by atoms with Crippen LogP contribution in [0.15, 0.2) is 35.7 Å². The van der Waals surface area contributed by atoms with Crippen molar-refractivity contribution in [1.29, 1.82) is 0 Å². The van der Waals surface area contributed by atoms with Crippen molar-refractivity contribution in [2.24, 2.45) is 0 Å². The van der Waals surface area contributed by atoms with E-state index >= 15 is 0 Å². The molecule has 0 aliphatic heterocycles. The van der Waals surface area contributed by atoms with Gasteiger partial charge >= 0.3 is 0 Å². The summed E-state index contributed by atoms with van der Waals surface area (Å²) in [6.07, 6.45) is 1.90. The molecule has 0 unspecified atom stereocenters. The van der Waals surface area contributed by atoms with E-state index in [2.05, 4.69) is 10.3 Å². The minimum atomic E-state index is -2.85. The molecule has 0 atom stereocenters. The van der Waals surface area contributed by atoms with E-state index in [-0.39, 0.29) is 5.75 Å². The van der Waals surface area contributed by atoms with Crippen LogP contribution in [0.1, 0.15) is 11.4 Å². The molecule has 0 aliphatic carbocycles. The van der Waals surface area contributed by atoms with Crippen molar-refractivity contribution < 1.29 is 8.42 Å². The number of rotatable bonds is 7. The summed E-state index contributed by atoms with van der Waals surface area (Å²) in [6.45, 7) is 1.37. The number of benzene rings is 1. The van der Waals surface area contributed by atoms with E-state index in [1.54, 1.807) is 11.3 Å². The molecular formula is C14H18N2O2S2. The SMILES string of the molecule is CS(=O)(=O)CCCNCc1nc(-c2ccccc2)cs1. The molecule has 0 aliphatic rings. The first-order valence-corrected chi connectivity index (χ1v) is 9.37. The van der Waals surface area contributed by atoms with Gasteiger partial charge in [-0.1, -0.05) is 30.3 Å². The van der Waals surface area contributed by atoms with Crippen molar-refractivity contribution in [2.45, 2.75) is 13.0 Å². The van der Waals surface area contributed by atoms with Crippen LogP contribution in [0.4, 0.5) is 0 Å². The van der Waals surface area contributed by atoms with E-state index in [1.807, 2.05) is 35.7 Å². The average Bonchev–Trinajstić information content (AvgIpc) is 2.87. The zero-order valence-corrected chi connectivity index (χ0v) is 13.0. The van der Waals surface area contributed by atoms with Crippen molar-refractivity contribution in [3.05, 3.63) is 40.7 Å². The zero-order chi connectivity index (χ0) is 14.4. The molecule has 1 N–H and O–H groups in total. The quantitative estimate of drug-likeness (QED) is 0.798. The molecule has 4 nitrogen and oxygen atoms in total. The maximum Gasteiger partial charge on any atom is 0.147 e. The van der Waals surface area contributed by atoms with Crippen molar-refractivity contribution in [3.63, 3.8) is 0 Å². The van der Waals surface area contributed by atoms with E-state index in [1.165, 1.54) is 6.26 Å². The third-order valence-electron chi connectivity index (χ3n) is 2.77. The summed E-state index contributed by atoms with van der Waals surface area (Å²) < 4.78 is 22.0. The predicted molar refractivity (Wildman–Crippen MR) is 83.6 cm³/mol. The number of aromatic nitrogens is 1. The molecule has 0 fully saturated rings. The highest BCUT2D eigenvalue weighted by molar-refractivity contribution is 7.90. The monoisotopic (exact) mass is 310 g/mol. The topological polar surface area (TPSA) is 59.1 Å². The number of hydrogen-bond acceptors (Lipinski definition) is 5. The first kappa shape index (κ1) is 15.2. The first-order chi connectivity index (χ1) is 9.54. The molecule has 1 aromatic heterocycles. The molecule has 1 aromatic carbocycles. The van der Waals surface area contributed by atoms with Gasteiger partial charge in [0.25, 0.3) is 0 Å². The van der Waals surface area contributed by atoms with Gasteiger partial charge in [0.1, 0.15) is 14.8 Å². The van der Waals surface area contributed by atoms with Crippen LogP contribution < -0.4 is 5.32 Å². The lowest BCUT2D eigenvalue weighted by molar-refractivity contribution is 0.594. The minimum Gasteiger partial charge on any atom is -0.310 e. The Balaban J connectivity index is 1.79. The van der Waals surface area contributed by atoms with Crippen LogP contribution in [0, 0.1) is 0 Å². The Morgan fingerprint density at radius 1 is 1.25 bits per heavy atom. The summed E-state index contributed by atoms with van der Waals surface area (Å²) >= 11 is 1.62. The van der Waals surface area contributed by atoms with Crippen LogP contribution in [0.5, 0.6) is 0 Å². The second-order valence-corrected chi connectivity index (χ2v) is 7.86. The maximum absolute atomic E-state index is 11.0. The van der Waals surface area contributed by atoms with E-state index in [4.69, 9.17) is 0 Å². The van der Waals surface area contributed by atoms with Crippen LogP contribution in [0.2, 0.25) is 0 Å². The predicted octanol–water partition coefficient (Wildman–Crippen LogP) is 2.33. The fourth-order valence-corrected chi connectivity index (χ4v) is 3.23.